The molecule has 5 nitrogen and oxygen atoms in total. The molecule has 0 aromatic heterocycles. The first-order valence-electron chi connectivity index (χ1n) is 31.7. The molecule has 0 aliphatic heterocycles. The number of allylic oxidation sites excluding steroid dienone is 22. The van der Waals surface area contributed by atoms with E-state index in [2.05, 4.69) is 148 Å². The maximum absolute atomic E-state index is 12.3. The number of aliphatic hydroxyl groups is 1. The highest BCUT2D eigenvalue weighted by molar-refractivity contribution is 5.70. The summed E-state index contributed by atoms with van der Waals surface area (Å²) >= 11 is 0. The van der Waals surface area contributed by atoms with E-state index in [1.165, 1.54) is 141 Å². The van der Waals surface area contributed by atoms with Crippen LogP contribution in [0.3, 0.4) is 0 Å². The molecule has 432 valence electrons. The third-order valence-electron chi connectivity index (χ3n) is 13.4. The molecule has 0 spiro atoms. The number of carbonyl (C=O) groups is 2. The zero-order valence-corrected chi connectivity index (χ0v) is 49.5. The number of rotatable bonds is 57. The Kier molecular flexibility index (Phi) is 61.9. The van der Waals surface area contributed by atoms with Crippen molar-refractivity contribution in [2.24, 2.45) is 0 Å². The fraction of sp³-hybridized carbons (Fsp3) is 0.662. The molecule has 0 heterocycles. The van der Waals surface area contributed by atoms with Gasteiger partial charge in [-0.3, -0.25) is 9.59 Å². The lowest BCUT2D eigenvalue weighted by molar-refractivity contribution is -0.161. The molecule has 76 heavy (non-hydrogen) atoms. The predicted molar refractivity (Wildman–Crippen MR) is 334 cm³/mol. The first kappa shape index (κ1) is 72.0. The van der Waals surface area contributed by atoms with E-state index in [1.54, 1.807) is 0 Å². The van der Waals surface area contributed by atoms with Crippen molar-refractivity contribution in [1.82, 2.24) is 0 Å². The molecular weight excluding hydrogens is 933 g/mol. The summed E-state index contributed by atoms with van der Waals surface area (Å²) in [6.45, 7) is 4.02. The van der Waals surface area contributed by atoms with Gasteiger partial charge in [-0.2, -0.15) is 0 Å². The highest BCUT2D eigenvalue weighted by Gasteiger charge is 2.16. The first-order chi connectivity index (χ1) is 37.6. The average molecular weight is 1050 g/mol. The highest BCUT2D eigenvalue weighted by atomic mass is 16.6. The molecule has 0 fully saturated rings. The second kappa shape index (κ2) is 65.3. The molecule has 0 radical (unpaired) electrons. The molecule has 1 N–H and O–H groups in total. The number of ether oxygens (including phenoxy) is 2. The molecule has 0 saturated heterocycles. The second-order valence-corrected chi connectivity index (χ2v) is 20.8. The lowest BCUT2D eigenvalue weighted by atomic mass is 10.0. The second-order valence-electron chi connectivity index (χ2n) is 20.8. The Labute approximate surface area is 470 Å². The topological polar surface area (TPSA) is 72.8 Å². The van der Waals surface area contributed by atoms with Gasteiger partial charge in [0.15, 0.2) is 6.10 Å². The average Bonchev–Trinajstić information content (AvgIpc) is 3.42. The van der Waals surface area contributed by atoms with Crippen molar-refractivity contribution in [2.45, 2.75) is 290 Å². The van der Waals surface area contributed by atoms with Crippen LogP contribution in [0.25, 0.3) is 0 Å². The largest absolute Gasteiger partial charge is 0.462 e. The normalized spacial score (nSPS) is 13.1. The molecule has 0 amide bonds. The van der Waals surface area contributed by atoms with Gasteiger partial charge >= 0.3 is 11.9 Å². The van der Waals surface area contributed by atoms with E-state index in [1.807, 2.05) is 0 Å². The molecule has 1 unspecified atom stereocenters. The van der Waals surface area contributed by atoms with Crippen LogP contribution in [0, 0.1) is 0 Å². The van der Waals surface area contributed by atoms with Crippen LogP contribution in [0.4, 0.5) is 0 Å². The van der Waals surface area contributed by atoms with E-state index >= 15 is 0 Å². The van der Waals surface area contributed by atoms with E-state index in [4.69, 9.17) is 9.47 Å². The number of unbranched alkanes of at least 4 members (excludes halogenated alkanes) is 27. The van der Waals surface area contributed by atoms with E-state index in [9.17, 15) is 14.7 Å². The van der Waals surface area contributed by atoms with Gasteiger partial charge in [-0.15, -0.1) is 0 Å². The molecule has 0 aromatic rings. The van der Waals surface area contributed by atoms with Gasteiger partial charge < -0.3 is 14.6 Å². The van der Waals surface area contributed by atoms with E-state index < -0.39 is 6.10 Å². The Morgan fingerprint density at radius 2 is 0.566 bits per heavy atom. The molecule has 5 heteroatoms. The SMILES string of the molecule is CC/C=C\C/C=C\C/C=C\C/C=C\C/C=C\C/C=C\C/C=C\C/C=C\C/C=C\C/C=C\CCCCCCC(=O)OC(CO)COC(=O)CCCCCCCCCCCCCCCCC/C=C\CCCCCCCCCC. The van der Waals surface area contributed by atoms with Crippen molar-refractivity contribution >= 4 is 11.9 Å². The van der Waals surface area contributed by atoms with Crippen LogP contribution in [-0.2, 0) is 19.1 Å². The van der Waals surface area contributed by atoms with Crippen molar-refractivity contribution in [3.63, 3.8) is 0 Å². The van der Waals surface area contributed by atoms with Crippen LogP contribution in [0.1, 0.15) is 284 Å². The van der Waals surface area contributed by atoms with Gasteiger partial charge in [0.25, 0.3) is 0 Å². The van der Waals surface area contributed by atoms with E-state index in [0.29, 0.717) is 12.8 Å². The van der Waals surface area contributed by atoms with Crippen molar-refractivity contribution < 1.29 is 24.2 Å². The third-order valence-corrected chi connectivity index (χ3v) is 13.4. The fourth-order valence-corrected chi connectivity index (χ4v) is 8.70. The van der Waals surface area contributed by atoms with Gasteiger partial charge in [-0.25, -0.2) is 0 Å². The summed E-state index contributed by atoms with van der Waals surface area (Å²) in [6.07, 6.45) is 97.3. The first-order valence-corrected chi connectivity index (χ1v) is 31.7. The molecule has 0 aliphatic carbocycles. The van der Waals surface area contributed by atoms with Crippen molar-refractivity contribution in [1.29, 1.82) is 0 Å². The fourth-order valence-electron chi connectivity index (χ4n) is 8.70. The Morgan fingerprint density at radius 3 is 0.868 bits per heavy atom. The number of hydrogen-bond acceptors (Lipinski definition) is 5. The van der Waals surface area contributed by atoms with E-state index in [0.717, 1.165) is 116 Å². The maximum atomic E-state index is 12.3. The van der Waals surface area contributed by atoms with Gasteiger partial charge in [0, 0.05) is 12.8 Å². The third kappa shape index (κ3) is 62.6. The molecular formula is C71H118O5. The maximum Gasteiger partial charge on any atom is 0.306 e. The molecule has 0 aliphatic rings. The minimum absolute atomic E-state index is 0.0823. The van der Waals surface area contributed by atoms with Crippen LogP contribution < -0.4 is 0 Å². The van der Waals surface area contributed by atoms with Crippen LogP contribution in [-0.4, -0.2) is 36.4 Å². The minimum Gasteiger partial charge on any atom is -0.462 e. The monoisotopic (exact) mass is 1050 g/mol. The zero-order valence-electron chi connectivity index (χ0n) is 49.5. The lowest BCUT2D eigenvalue weighted by Gasteiger charge is -2.15. The standard InChI is InChI=1S/C71H118O5/c1-3-5-7-9-11-13-15-17-19-21-23-25-27-29-31-32-33-34-35-36-37-38-40-42-44-46-48-50-52-54-56-58-60-62-64-66-71(74)76-69(67-72)68-75-70(73)65-63-61-59-57-55-53-51-49-47-45-43-41-39-30-28-26-24-22-20-18-16-14-12-10-8-6-4-2/h5,7,11,13,17,19,22-25,29,31,33-34,36-37,40,42,46,48,52,54,69,72H,3-4,6,8-10,12,14-16,18,20-21,26-28,30,32,35,38-39,41,43-45,47,49-51,53,55-68H2,1-2H3/b7-5-,13-11-,19-17-,24-22-,25-23-,31-29-,34-33-,37-36-,42-40-,48-46-,54-52-. The Bertz CT molecular complexity index is 1570. The van der Waals surface area contributed by atoms with Crippen molar-refractivity contribution in [3.8, 4) is 0 Å². The predicted octanol–water partition coefficient (Wildman–Crippen LogP) is 22.0. The summed E-state index contributed by atoms with van der Waals surface area (Å²) in [7, 11) is 0. The lowest BCUT2D eigenvalue weighted by Crippen LogP contribution is -2.28. The van der Waals surface area contributed by atoms with Crippen LogP contribution in [0.2, 0.25) is 0 Å². The summed E-state index contributed by atoms with van der Waals surface area (Å²) in [4.78, 5) is 24.6. The van der Waals surface area contributed by atoms with Crippen LogP contribution in [0.15, 0.2) is 134 Å². The molecule has 0 bridgehead atoms. The van der Waals surface area contributed by atoms with Gasteiger partial charge in [-0.1, -0.05) is 289 Å². The van der Waals surface area contributed by atoms with Crippen molar-refractivity contribution in [3.05, 3.63) is 134 Å². The molecule has 0 aromatic carbocycles. The minimum atomic E-state index is -0.796. The summed E-state index contributed by atoms with van der Waals surface area (Å²) in [5.74, 6) is -0.620. The molecule has 1 atom stereocenters. The quantitative estimate of drug-likeness (QED) is 0.0373. The van der Waals surface area contributed by atoms with E-state index in [-0.39, 0.29) is 25.2 Å². The summed E-state index contributed by atoms with van der Waals surface area (Å²) in [5, 5.41) is 9.68. The van der Waals surface area contributed by atoms with Crippen LogP contribution in [0.5, 0.6) is 0 Å². The zero-order chi connectivity index (χ0) is 54.8. The van der Waals surface area contributed by atoms with Crippen LogP contribution >= 0.6 is 0 Å². The number of esters is 2. The Balaban J connectivity index is 3.59. The molecule has 0 rings (SSSR count). The van der Waals surface area contributed by atoms with Crippen molar-refractivity contribution in [2.75, 3.05) is 13.2 Å². The Morgan fingerprint density at radius 1 is 0.316 bits per heavy atom. The van der Waals surface area contributed by atoms with Gasteiger partial charge in [0.05, 0.1) is 6.61 Å². The summed E-state index contributed by atoms with van der Waals surface area (Å²) in [6, 6.07) is 0. The van der Waals surface area contributed by atoms with Gasteiger partial charge in [0.1, 0.15) is 6.61 Å². The number of aliphatic hydroxyl groups excluding tert-OH is 1. The Hall–Kier alpha value is -3.96. The molecule has 0 saturated carbocycles. The van der Waals surface area contributed by atoms with Gasteiger partial charge in [0.2, 0.25) is 0 Å². The summed E-state index contributed by atoms with van der Waals surface area (Å²) in [5.41, 5.74) is 0. The highest BCUT2D eigenvalue weighted by Crippen LogP contribution is 2.16. The summed E-state index contributed by atoms with van der Waals surface area (Å²) < 4.78 is 10.7. The number of carbonyl (C=O) groups excluding carboxylic acids is 2. The van der Waals surface area contributed by atoms with Gasteiger partial charge in [-0.05, 0) is 116 Å². The smallest absolute Gasteiger partial charge is 0.306 e. The number of hydrogen-bond donors (Lipinski definition) is 1.